The third-order valence-corrected chi connectivity index (χ3v) is 15.1. The summed E-state index contributed by atoms with van der Waals surface area (Å²) in [6.07, 6.45) is 7.19. The molecule has 1 aliphatic rings. The van der Waals surface area contributed by atoms with E-state index in [0.717, 1.165) is 12.8 Å². The summed E-state index contributed by atoms with van der Waals surface area (Å²) in [5.41, 5.74) is 2.88. The van der Waals surface area contributed by atoms with Crippen molar-refractivity contribution < 1.29 is 35.8 Å². The van der Waals surface area contributed by atoms with Gasteiger partial charge in [-0.25, -0.2) is 54.7 Å². The summed E-state index contributed by atoms with van der Waals surface area (Å²) in [5.74, 6) is 1.35. The molecule has 0 bridgehead atoms. The van der Waals surface area contributed by atoms with E-state index in [2.05, 4.69) is 36.0 Å². The number of nitriles is 1. The van der Waals surface area contributed by atoms with Gasteiger partial charge < -0.3 is 18.9 Å². The van der Waals surface area contributed by atoms with Crippen LogP contribution in [0.5, 0.6) is 17.5 Å². The van der Waals surface area contributed by atoms with Gasteiger partial charge in [0, 0.05) is 59.4 Å². The monoisotopic (exact) mass is 1050 g/mol. The number of hydrogen-bond acceptors (Lipinski definition) is 15. The van der Waals surface area contributed by atoms with Gasteiger partial charge in [-0.15, -0.1) is 0 Å². The zero-order valence-electron chi connectivity index (χ0n) is 41.2. The maximum atomic E-state index is 14.1. The van der Waals surface area contributed by atoms with Crippen molar-refractivity contribution in [3.8, 4) is 57.4 Å². The molecule has 17 nitrogen and oxygen atoms in total. The Morgan fingerprint density at radius 1 is 0.608 bits per heavy atom. The first kappa shape index (κ1) is 51.2. The SMILES string of the molecule is CC(C)(C)Oc1ccc(-c2cc3c(-c4ccc(OC5CCOCC5)c(C#N)c4)ncnc3n2S(=O)(=O)c2ccccc2)cn1.CC(C)(C)Oc1ccc(-c2cc3c(Cl)ncnc3n2S(=O)(=O)c2ccccc2)cn1. The Bertz CT molecular complexity index is 3760. The second kappa shape index (κ2) is 20.6. The molecule has 378 valence electrons. The first-order valence-electron chi connectivity index (χ1n) is 23.4. The van der Waals surface area contributed by atoms with Crippen LogP contribution in [-0.2, 0) is 24.8 Å². The second-order valence-corrected chi connectivity index (χ2v) is 23.0. The molecule has 74 heavy (non-hydrogen) atoms. The predicted molar refractivity (Wildman–Crippen MR) is 280 cm³/mol. The van der Waals surface area contributed by atoms with Crippen molar-refractivity contribution in [3.05, 3.63) is 151 Å². The number of fused-ring (bicyclic) bond motifs is 2. The number of ether oxygens (including phenoxy) is 4. The third-order valence-electron chi connectivity index (χ3n) is 11.3. The molecule has 0 unspecified atom stereocenters. The van der Waals surface area contributed by atoms with Crippen LogP contribution in [0.15, 0.2) is 150 Å². The number of nitrogens with zero attached hydrogens (tertiary/aromatic N) is 9. The predicted octanol–water partition coefficient (Wildman–Crippen LogP) is 10.6. The third kappa shape index (κ3) is 10.9. The number of pyridine rings is 2. The van der Waals surface area contributed by atoms with Gasteiger partial charge in [0.05, 0.1) is 51.0 Å². The van der Waals surface area contributed by atoms with Crippen molar-refractivity contribution >= 4 is 53.7 Å². The Kier molecular flexibility index (Phi) is 14.3. The van der Waals surface area contributed by atoms with E-state index >= 15 is 0 Å². The second-order valence-electron chi connectivity index (χ2n) is 19.0. The number of hydrogen-bond donors (Lipinski definition) is 0. The molecular formula is C54H50ClN9O8S2. The highest BCUT2D eigenvalue weighted by molar-refractivity contribution is 7.90. The molecule has 1 aliphatic heterocycles. The zero-order chi connectivity index (χ0) is 52.4. The molecule has 0 saturated carbocycles. The van der Waals surface area contributed by atoms with E-state index in [1.807, 2.05) is 47.6 Å². The van der Waals surface area contributed by atoms with Gasteiger partial charge in [0.1, 0.15) is 46.9 Å². The van der Waals surface area contributed by atoms with Crippen molar-refractivity contribution in [1.29, 1.82) is 5.26 Å². The molecule has 9 aromatic rings. The minimum Gasteiger partial charge on any atom is -0.489 e. The minimum atomic E-state index is -4.09. The van der Waals surface area contributed by atoms with Crippen LogP contribution in [0.25, 0.3) is 55.8 Å². The summed E-state index contributed by atoms with van der Waals surface area (Å²) >= 11 is 6.23. The maximum absolute atomic E-state index is 14.1. The lowest BCUT2D eigenvalue weighted by molar-refractivity contribution is 0.0254. The van der Waals surface area contributed by atoms with Crippen LogP contribution < -0.4 is 14.2 Å². The fraction of sp³-hybridized carbons (Fsp3) is 0.241. The van der Waals surface area contributed by atoms with Crippen molar-refractivity contribution in [2.75, 3.05) is 13.2 Å². The molecule has 0 N–H and O–H groups in total. The van der Waals surface area contributed by atoms with E-state index in [0.29, 0.717) is 80.8 Å². The largest absolute Gasteiger partial charge is 0.489 e. The van der Waals surface area contributed by atoms with Gasteiger partial charge in [-0.1, -0.05) is 48.0 Å². The molecule has 0 aliphatic carbocycles. The summed E-state index contributed by atoms with van der Waals surface area (Å²) in [5, 5.41) is 11.1. The number of rotatable bonds is 11. The summed E-state index contributed by atoms with van der Waals surface area (Å²) < 4.78 is 80.8. The lowest BCUT2D eigenvalue weighted by atomic mass is 10.0. The van der Waals surface area contributed by atoms with E-state index in [9.17, 15) is 22.1 Å². The van der Waals surface area contributed by atoms with Crippen LogP contribution >= 0.6 is 11.6 Å². The summed E-state index contributed by atoms with van der Waals surface area (Å²) in [4.78, 5) is 26.2. The Labute approximate surface area is 433 Å². The highest BCUT2D eigenvalue weighted by atomic mass is 35.5. The van der Waals surface area contributed by atoms with Gasteiger partial charge in [-0.3, -0.25) is 0 Å². The Hall–Kier alpha value is -7.76. The average Bonchev–Trinajstić information content (AvgIpc) is 3.99. The molecule has 1 fully saturated rings. The van der Waals surface area contributed by atoms with Crippen LogP contribution in [0.2, 0.25) is 5.15 Å². The van der Waals surface area contributed by atoms with Gasteiger partial charge >= 0.3 is 0 Å². The van der Waals surface area contributed by atoms with E-state index in [1.54, 1.807) is 109 Å². The summed E-state index contributed by atoms with van der Waals surface area (Å²) in [7, 11) is -8.04. The number of aromatic nitrogens is 8. The lowest BCUT2D eigenvalue weighted by Gasteiger charge is -2.23. The molecule has 6 aromatic heterocycles. The smallest absolute Gasteiger partial charge is 0.269 e. The fourth-order valence-electron chi connectivity index (χ4n) is 8.12. The quantitative estimate of drug-likeness (QED) is 0.110. The van der Waals surface area contributed by atoms with Crippen LogP contribution in [0.1, 0.15) is 59.9 Å². The zero-order valence-corrected chi connectivity index (χ0v) is 43.6. The molecule has 1 saturated heterocycles. The summed E-state index contributed by atoms with van der Waals surface area (Å²) in [6.45, 7) is 12.8. The van der Waals surface area contributed by atoms with Gasteiger partial charge in [0.15, 0.2) is 11.3 Å². The molecule has 7 heterocycles. The number of benzene rings is 3. The molecular weight excluding hydrogens is 1000 g/mol. The van der Waals surface area contributed by atoms with E-state index in [1.165, 1.54) is 32.7 Å². The average molecular weight is 1050 g/mol. The van der Waals surface area contributed by atoms with E-state index in [-0.39, 0.29) is 32.3 Å². The van der Waals surface area contributed by atoms with Crippen LogP contribution in [0.3, 0.4) is 0 Å². The standard InChI is InChI=1S/C33H31N5O5S.C21H19ClN4O3S/c1-33(2,3)43-30-12-10-23(20-35-30)28-18-27-31(22-9-11-29(24(17-22)19-34)42-25-13-15-41-16-14-25)36-21-37-32(27)38(28)44(39,40)26-7-5-4-6-8-26;1-21(2,3)29-18-10-9-14(12-23-18)17-11-16-19(22)24-13-25-20(16)26(17)30(27,28)15-7-5-4-6-8-15/h4-12,17-18,20-21,25H,13-16H2,1-3H3;4-13H,1-3H3. The molecule has 0 radical (unpaired) electrons. The van der Waals surface area contributed by atoms with Crippen molar-refractivity contribution in [1.82, 2.24) is 37.8 Å². The molecule has 3 aromatic carbocycles. The van der Waals surface area contributed by atoms with Crippen molar-refractivity contribution in [2.24, 2.45) is 0 Å². The normalized spacial score (nSPS) is 13.5. The van der Waals surface area contributed by atoms with Crippen LogP contribution in [-0.4, -0.2) is 85.2 Å². The molecule has 0 amide bonds. The molecule has 0 spiro atoms. The van der Waals surface area contributed by atoms with Gasteiger partial charge in [-0.2, -0.15) is 5.26 Å². The maximum Gasteiger partial charge on any atom is 0.269 e. The van der Waals surface area contributed by atoms with Crippen LogP contribution in [0, 0.1) is 11.3 Å². The van der Waals surface area contributed by atoms with Crippen molar-refractivity contribution in [3.63, 3.8) is 0 Å². The summed E-state index contributed by atoms with van der Waals surface area (Å²) in [6, 6.07) is 34.2. The minimum absolute atomic E-state index is 0.0268. The van der Waals surface area contributed by atoms with Gasteiger partial charge in [0.25, 0.3) is 20.0 Å². The Morgan fingerprint density at radius 2 is 1.09 bits per heavy atom. The highest BCUT2D eigenvalue weighted by Gasteiger charge is 2.29. The van der Waals surface area contributed by atoms with Gasteiger partial charge in [-0.05, 0) is 108 Å². The Morgan fingerprint density at radius 3 is 1.58 bits per heavy atom. The van der Waals surface area contributed by atoms with Crippen LogP contribution in [0.4, 0.5) is 0 Å². The molecule has 0 atom stereocenters. The Balaban J connectivity index is 0.000000195. The first-order chi connectivity index (χ1) is 35.3. The van der Waals surface area contributed by atoms with Gasteiger partial charge in [0.2, 0.25) is 11.8 Å². The van der Waals surface area contributed by atoms with Crippen molar-refractivity contribution in [2.45, 2.75) is 81.5 Å². The lowest BCUT2D eigenvalue weighted by Crippen LogP contribution is -2.26. The number of halogens is 1. The van der Waals surface area contributed by atoms with E-state index < -0.39 is 31.2 Å². The fourth-order valence-corrected chi connectivity index (χ4v) is 11.3. The molecule has 10 rings (SSSR count). The topological polar surface area (TPSA) is 216 Å². The highest BCUT2D eigenvalue weighted by Crippen LogP contribution is 2.38. The molecule has 20 heteroatoms. The first-order valence-corrected chi connectivity index (χ1v) is 26.7. The van der Waals surface area contributed by atoms with E-state index in [4.69, 9.17) is 30.5 Å².